The SMILES string of the molecule is CC1=C(C)N(C)[CH]S1. The molecule has 0 aromatic carbocycles. The lowest BCUT2D eigenvalue weighted by Gasteiger charge is -2.08. The Bertz CT molecular complexity index is 128. The fraction of sp³-hybridized carbons (Fsp3) is 0.500. The largest absolute Gasteiger partial charge is 0.362 e. The summed E-state index contributed by atoms with van der Waals surface area (Å²) in [6.45, 7) is 4.27. The lowest BCUT2D eigenvalue weighted by atomic mass is 10.4. The minimum Gasteiger partial charge on any atom is -0.362 e. The Morgan fingerprint density at radius 1 is 1.50 bits per heavy atom. The molecule has 0 spiro atoms. The van der Waals surface area contributed by atoms with Crippen molar-refractivity contribution in [1.82, 2.24) is 4.90 Å². The molecule has 0 aromatic rings. The smallest absolute Gasteiger partial charge is 0.109 e. The predicted octanol–water partition coefficient (Wildman–Crippen LogP) is 2.04. The van der Waals surface area contributed by atoms with E-state index in [1.807, 2.05) is 0 Å². The van der Waals surface area contributed by atoms with Crippen LogP contribution in [0.2, 0.25) is 0 Å². The van der Waals surface area contributed by atoms with Crippen LogP contribution in [0, 0.1) is 5.88 Å². The van der Waals surface area contributed by atoms with Gasteiger partial charge in [-0.2, -0.15) is 0 Å². The quantitative estimate of drug-likeness (QED) is 0.491. The van der Waals surface area contributed by atoms with Crippen molar-refractivity contribution in [2.75, 3.05) is 7.05 Å². The van der Waals surface area contributed by atoms with Crippen LogP contribution >= 0.6 is 11.8 Å². The summed E-state index contributed by atoms with van der Waals surface area (Å²) in [5.74, 6) is 2.12. The molecule has 0 unspecified atom stereocenters. The summed E-state index contributed by atoms with van der Waals surface area (Å²) < 4.78 is 0. The Kier molecular flexibility index (Phi) is 1.52. The van der Waals surface area contributed by atoms with Gasteiger partial charge < -0.3 is 4.90 Å². The number of allylic oxidation sites excluding steroid dienone is 2. The summed E-state index contributed by atoms with van der Waals surface area (Å²) in [7, 11) is 2.07. The van der Waals surface area contributed by atoms with Crippen LogP contribution in [0.5, 0.6) is 0 Å². The second-order valence-electron chi connectivity index (χ2n) is 1.98. The van der Waals surface area contributed by atoms with Crippen LogP contribution in [0.15, 0.2) is 10.6 Å². The topological polar surface area (TPSA) is 3.24 Å². The molecule has 1 radical (unpaired) electrons. The van der Waals surface area contributed by atoms with Crippen molar-refractivity contribution < 1.29 is 0 Å². The summed E-state index contributed by atoms with van der Waals surface area (Å²) in [6.07, 6.45) is 0. The maximum atomic E-state index is 2.14. The van der Waals surface area contributed by atoms with E-state index in [9.17, 15) is 0 Å². The van der Waals surface area contributed by atoms with Gasteiger partial charge in [-0.1, -0.05) is 0 Å². The zero-order valence-electron chi connectivity index (χ0n) is 5.43. The van der Waals surface area contributed by atoms with Gasteiger partial charge >= 0.3 is 0 Å². The lowest BCUT2D eigenvalue weighted by molar-refractivity contribution is 0.556. The van der Waals surface area contributed by atoms with Gasteiger partial charge in [0.15, 0.2) is 0 Å². The Morgan fingerprint density at radius 2 is 2.12 bits per heavy atom. The average Bonchev–Trinajstić information content (AvgIpc) is 1.98. The lowest BCUT2D eigenvalue weighted by Crippen LogP contribution is -2.04. The van der Waals surface area contributed by atoms with Crippen LogP contribution in [0.3, 0.4) is 0 Å². The molecule has 1 heterocycles. The zero-order chi connectivity index (χ0) is 6.15. The van der Waals surface area contributed by atoms with Crippen molar-refractivity contribution in [2.24, 2.45) is 0 Å². The first-order valence-electron chi connectivity index (χ1n) is 2.62. The van der Waals surface area contributed by atoms with E-state index in [4.69, 9.17) is 0 Å². The van der Waals surface area contributed by atoms with E-state index in [-0.39, 0.29) is 0 Å². The Hall–Kier alpha value is -0.110. The number of hydrogen-bond donors (Lipinski definition) is 0. The molecule has 1 rings (SSSR count). The Morgan fingerprint density at radius 3 is 2.25 bits per heavy atom. The van der Waals surface area contributed by atoms with Gasteiger partial charge in [0, 0.05) is 17.6 Å². The van der Waals surface area contributed by atoms with Crippen LogP contribution in [0.1, 0.15) is 13.8 Å². The molecule has 45 valence electrons. The highest BCUT2D eigenvalue weighted by Crippen LogP contribution is 2.32. The number of rotatable bonds is 0. The van der Waals surface area contributed by atoms with E-state index >= 15 is 0 Å². The third kappa shape index (κ3) is 0.848. The summed E-state index contributed by atoms with van der Waals surface area (Å²) in [5, 5.41) is 0. The molecule has 0 N–H and O–H groups in total. The summed E-state index contributed by atoms with van der Waals surface area (Å²) >= 11 is 1.79. The van der Waals surface area contributed by atoms with Crippen molar-refractivity contribution in [3.05, 3.63) is 16.5 Å². The number of nitrogens with zero attached hydrogens (tertiary/aromatic N) is 1. The summed E-state index contributed by atoms with van der Waals surface area (Å²) in [6, 6.07) is 0. The zero-order valence-corrected chi connectivity index (χ0v) is 6.25. The van der Waals surface area contributed by atoms with Gasteiger partial charge in [0.1, 0.15) is 5.88 Å². The first-order valence-corrected chi connectivity index (χ1v) is 3.50. The van der Waals surface area contributed by atoms with Crippen LogP contribution in [-0.4, -0.2) is 11.9 Å². The standard InChI is InChI=1S/C6H10NS/c1-5-6(2)8-4-7(5)3/h4H,1-3H3. The van der Waals surface area contributed by atoms with Crippen LogP contribution < -0.4 is 0 Å². The van der Waals surface area contributed by atoms with Gasteiger partial charge in [0.2, 0.25) is 0 Å². The van der Waals surface area contributed by atoms with Crippen molar-refractivity contribution in [2.45, 2.75) is 13.8 Å². The van der Waals surface area contributed by atoms with Crippen LogP contribution in [-0.2, 0) is 0 Å². The summed E-state index contributed by atoms with van der Waals surface area (Å²) in [5.41, 5.74) is 1.37. The molecule has 0 aliphatic carbocycles. The molecule has 0 saturated carbocycles. The van der Waals surface area contributed by atoms with Crippen molar-refractivity contribution in [3.8, 4) is 0 Å². The average molecular weight is 128 g/mol. The van der Waals surface area contributed by atoms with Crippen LogP contribution in [0.4, 0.5) is 0 Å². The first kappa shape index (κ1) is 6.02. The molecule has 1 nitrogen and oxygen atoms in total. The minimum atomic E-state index is 1.37. The van der Waals surface area contributed by atoms with Gasteiger partial charge in [-0.3, -0.25) is 0 Å². The monoisotopic (exact) mass is 128 g/mol. The van der Waals surface area contributed by atoms with Crippen molar-refractivity contribution >= 4 is 11.8 Å². The highest BCUT2D eigenvalue weighted by molar-refractivity contribution is 8.05. The van der Waals surface area contributed by atoms with E-state index in [0.717, 1.165) is 0 Å². The minimum absolute atomic E-state index is 1.37. The molecular weight excluding hydrogens is 118 g/mol. The fourth-order valence-corrected chi connectivity index (χ4v) is 1.36. The molecule has 2 heteroatoms. The van der Waals surface area contributed by atoms with E-state index in [0.29, 0.717) is 0 Å². The maximum Gasteiger partial charge on any atom is 0.109 e. The Labute approximate surface area is 54.8 Å². The molecule has 0 bridgehead atoms. The highest BCUT2D eigenvalue weighted by Gasteiger charge is 2.11. The molecule has 0 fully saturated rings. The number of thioether (sulfide) groups is 1. The molecule has 0 aromatic heterocycles. The molecule has 8 heavy (non-hydrogen) atoms. The third-order valence-corrected chi connectivity index (χ3v) is 2.50. The van der Waals surface area contributed by atoms with E-state index in [2.05, 4.69) is 31.7 Å². The molecule has 1 aliphatic rings. The van der Waals surface area contributed by atoms with E-state index in [1.54, 1.807) is 11.8 Å². The van der Waals surface area contributed by atoms with E-state index < -0.39 is 0 Å². The fourth-order valence-electron chi connectivity index (χ4n) is 0.571. The second kappa shape index (κ2) is 2.02. The van der Waals surface area contributed by atoms with Gasteiger partial charge in [0.05, 0.1) is 0 Å². The second-order valence-corrected chi connectivity index (χ2v) is 3.03. The number of hydrogen-bond acceptors (Lipinski definition) is 2. The predicted molar refractivity (Wildman–Crippen MR) is 38.0 cm³/mol. The molecule has 0 atom stereocenters. The first-order chi connectivity index (χ1) is 3.72. The molecule has 0 amide bonds. The maximum absolute atomic E-state index is 2.14. The Balaban J connectivity index is 2.71. The van der Waals surface area contributed by atoms with Gasteiger partial charge in [-0.15, -0.1) is 11.8 Å². The highest BCUT2D eigenvalue weighted by atomic mass is 32.2. The van der Waals surface area contributed by atoms with Crippen molar-refractivity contribution in [3.63, 3.8) is 0 Å². The van der Waals surface area contributed by atoms with E-state index in [1.165, 1.54) is 10.6 Å². The molecule has 0 saturated heterocycles. The summed E-state index contributed by atoms with van der Waals surface area (Å²) in [4.78, 5) is 3.55. The third-order valence-electron chi connectivity index (χ3n) is 1.43. The van der Waals surface area contributed by atoms with Crippen molar-refractivity contribution in [1.29, 1.82) is 0 Å². The van der Waals surface area contributed by atoms with Gasteiger partial charge in [-0.25, -0.2) is 0 Å². The molecular formula is C6H10NS. The normalized spacial score (nSPS) is 20.6. The van der Waals surface area contributed by atoms with Crippen LogP contribution in [0.25, 0.3) is 0 Å². The van der Waals surface area contributed by atoms with Gasteiger partial charge in [-0.05, 0) is 13.8 Å². The molecule has 1 aliphatic heterocycles. The van der Waals surface area contributed by atoms with Gasteiger partial charge in [0.25, 0.3) is 0 Å².